The number of ether oxygens (including phenoxy) is 2. The molecule has 0 fully saturated rings. The van der Waals surface area contributed by atoms with Crippen LogP contribution in [0.4, 0.5) is 11.4 Å². The molecule has 0 aliphatic carbocycles. The standard InChI is InChI=1S/C62H60N6O2S3/c1-5-65-59-23-15-13-21-55(59)57-41-47(25-35-61(57)65)43-63-67(49-17-9-7-10-18-49)37-39-69-45(3)71-51-27-31-53(32-28-51)73-54-33-29-52(30-34-54)72-46(4)70-40-38-68(50-19-11-8-12-20-50)64-44-48-26-36-62-58(42-48)56-22-14-16-24-60(56)66(62)6-2/h7-36,41-46H,5-6,37-40H2,1-4H3. The van der Waals surface area contributed by atoms with Crippen LogP contribution in [-0.4, -0.2) is 58.7 Å². The van der Waals surface area contributed by atoms with E-state index in [2.05, 4.69) is 195 Å². The highest BCUT2D eigenvalue weighted by Crippen LogP contribution is 2.35. The number of anilines is 2. The summed E-state index contributed by atoms with van der Waals surface area (Å²) >= 11 is 5.21. The zero-order valence-corrected chi connectivity index (χ0v) is 44.2. The summed E-state index contributed by atoms with van der Waals surface area (Å²) in [5, 5.41) is 19.0. The molecular formula is C62H60N6O2S3. The lowest BCUT2D eigenvalue weighted by atomic mass is 10.1. The second kappa shape index (κ2) is 23.9. The number of nitrogens with zero attached hydrogens (tertiary/aromatic N) is 6. The summed E-state index contributed by atoms with van der Waals surface area (Å²) in [6.07, 6.45) is 3.92. The van der Waals surface area contributed by atoms with Gasteiger partial charge >= 0.3 is 0 Å². The second-order valence-corrected chi connectivity index (χ2v) is 21.5. The van der Waals surface area contributed by atoms with Gasteiger partial charge in [-0.15, -0.1) is 0 Å². The maximum atomic E-state index is 6.36. The van der Waals surface area contributed by atoms with Gasteiger partial charge in [0.05, 0.1) is 50.1 Å². The van der Waals surface area contributed by atoms with Crippen molar-refractivity contribution < 1.29 is 9.47 Å². The Morgan fingerprint density at radius 1 is 0.438 bits per heavy atom. The van der Waals surface area contributed by atoms with Crippen LogP contribution in [0.5, 0.6) is 0 Å². The van der Waals surface area contributed by atoms with Gasteiger partial charge in [0.2, 0.25) is 0 Å². The van der Waals surface area contributed by atoms with Crippen molar-refractivity contribution in [3.63, 3.8) is 0 Å². The molecule has 2 heterocycles. The molecule has 0 radical (unpaired) electrons. The van der Waals surface area contributed by atoms with Crippen LogP contribution in [0, 0.1) is 0 Å². The molecule has 0 saturated heterocycles. The highest BCUT2D eigenvalue weighted by molar-refractivity contribution is 8.00. The number of hydrazone groups is 2. The van der Waals surface area contributed by atoms with E-state index >= 15 is 0 Å². The third kappa shape index (κ3) is 12.0. The molecule has 0 spiro atoms. The molecule has 10 aromatic rings. The molecule has 2 atom stereocenters. The van der Waals surface area contributed by atoms with E-state index < -0.39 is 0 Å². The van der Waals surface area contributed by atoms with Gasteiger partial charge in [0.25, 0.3) is 0 Å². The fourth-order valence-electron chi connectivity index (χ4n) is 9.33. The van der Waals surface area contributed by atoms with Crippen molar-refractivity contribution in [3.05, 3.63) is 205 Å². The van der Waals surface area contributed by atoms with Crippen molar-refractivity contribution in [1.82, 2.24) is 9.13 Å². The molecule has 0 aliphatic heterocycles. The van der Waals surface area contributed by atoms with Gasteiger partial charge in [-0.2, -0.15) is 10.2 Å². The van der Waals surface area contributed by atoms with Crippen LogP contribution < -0.4 is 10.0 Å². The Kier molecular flexibility index (Phi) is 16.3. The average Bonchev–Trinajstić information content (AvgIpc) is 3.93. The van der Waals surface area contributed by atoms with Crippen LogP contribution >= 0.6 is 35.3 Å². The number of para-hydroxylation sites is 4. The van der Waals surface area contributed by atoms with E-state index in [0.29, 0.717) is 26.3 Å². The van der Waals surface area contributed by atoms with Crippen LogP contribution in [0.2, 0.25) is 0 Å². The third-order valence-corrected chi connectivity index (χ3v) is 15.9. The van der Waals surface area contributed by atoms with Gasteiger partial charge < -0.3 is 18.6 Å². The molecule has 8 aromatic carbocycles. The number of thioether (sulfide) groups is 2. The lowest BCUT2D eigenvalue weighted by Gasteiger charge is -2.21. The SMILES string of the molecule is CCn1c2ccccc2c2cc(C=NN(CCOC(C)Sc3ccc(Sc4ccc(SC(C)OCCN(N=Cc5ccc6c(c5)c5ccccc5n6CC)c5ccccc5)cc4)cc3)c3ccccc3)ccc21. The first-order chi connectivity index (χ1) is 35.9. The van der Waals surface area contributed by atoms with Crippen molar-refractivity contribution >= 4 is 103 Å². The number of aryl methyl sites for hydroxylation is 2. The largest absolute Gasteiger partial charge is 0.366 e. The Bertz CT molecular complexity index is 3240. The molecular weight excluding hydrogens is 957 g/mol. The zero-order valence-electron chi connectivity index (χ0n) is 41.8. The van der Waals surface area contributed by atoms with Gasteiger partial charge in [-0.05, 0) is 148 Å². The van der Waals surface area contributed by atoms with E-state index in [1.54, 1.807) is 35.3 Å². The minimum absolute atomic E-state index is 0.0290. The zero-order chi connectivity index (χ0) is 49.9. The first-order valence-electron chi connectivity index (χ1n) is 25.1. The van der Waals surface area contributed by atoms with Crippen LogP contribution in [0.15, 0.2) is 224 Å². The molecule has 2 aromatic heterocycles. The van der Waals surface area contributed by atoms with Crippen molar-refractivity contribution in [2.24, 2.45) is 10.2 Å². The van der Waals surface area contributed by atoms with E-state index in [1.807, 2.05) is 58.8 Å². The first-order valence-corrected chi connectivity index (χ1v) is 27.7. The van der Waals surface area contributed by atoms with E-state index in [0.717, 1.165) is 35.6 Å². The van der Waals surface area contributed by atoms with Crippen molar-refractivity contribution in [1.29, 1.82) is 0 Å². The van der Waals surface area contributed by atoms with Gasteiger partial charge in [-0.3, -0.25) is 10.0 Å². The number of benzene rings is 8. The monoisotopic (exact) mass is 1020 g/mol. The summed E-state index contributed by atoms with van der Waals surface area (Å²) in [5.41, 5.74) is 9.14. The predicted octanol–water partition coefficient (Wildman–Crippen LogP) is 16.1. The first kappa shape index (κ1) is 49.8. The lowest BCUT2D eigenvalue weighted by Crippen LogP contribution is -2.23. The van der Waals surface area contributed by atoms with Crippen LogP contribution in [0.1, 0.15) is 38.8 Å². The number of aromatic nitrogens is 2. The fraction of sp³-hybridized carbons (Fsp3) is 0.194. The van der Waals surface area contributed by atoms with Gasteiger partial charge in [-0.1, -0.05) is 120 Å². The Balaban J connectivity index is 0.685. The van der Waals surface area contributed by atoms with Gasteiger partial charge in [-0.25, -0.2) is 0 Å². The quantitative estimate of drug-likeness (QED) is 0.0290. The summed E-state index contributed by atoms with van der Waals surface area (Å²) in [6.45, 7) is 12.8. The highest BCUT2D eigenvalue weighted by Gasteiger charge is 2.14. The van der Waals surface area contributed by atoms with Gasteiger partial charge in [0, 0.05) is 76.3 Å². The Morgan fingerprint density at radius 3 is 1.22 bits per heavy atom. The maximum Gasteiger partial charge on any atom is 0.105 e. The number of hydrogen-bond acceptors (Lipinski definition) is 9. The van der Waals surface area contributed by atoms with Crippen LogP contribution in [-0.2, 0) is 22.6 Å². The van der Waals surface area contributed by atoms with Crippen LogP contribution in [0.3, 0.4) is 0 Å². The Hall–Kier alpha value is -6.73. The summed E-state index contributed by atoms with van der Waals surface area (Å²) in [6, 6.07) is 68.6. The molecule has 0 aliphatic rings. The molecule has 0 saturated carbocycles. The van der Waals surface area contributed by atoms with Crippen molar-refractivity contribution in [2.75, 3.05) is 36.3 Å². The van der Waals surface area contributed by atoms with Gasteiger partial charge in [0.1, 0.15) is 10.9 Å². The molecule has 0 bridgehead atoms. The summed E-state index contributed by atoms with van der Waals surface area (Å²) in [7, 11) is 0. The average molecular weight is 1020 g/mol. The van der Waals surface area contributed by atoms with E-state index in [9.17, 15) is 0 Å². The minimum atomic E-state index is -0.0290. The fourth-order valence-corrected chi connectivity index (χ4v) is 11.8. The lowest BCUT2D eigenvalue weighted by molar-refractivity contribution is 0.130. The van der Waals surface area contributed by atoms with E-state index in [-0.39, 0.29) is 10.9 Å². The third-order valence-electron chi connectivity index (χ3n) is 12.8. The topological polar surface area (TPSA) is 59.5 Å². The van der Waals surface area contributed by atoms with Crippen LogP contribution in [0.25, 0.3) is 43.6 Å². The molecule has 0 N–H and O–H groups in total. The molecule has 10 rings (SSSR count). The summed E-state index contributed by atoms with van der Waals surface area (Å²) < 4.78 is 17.5. The van der Waals surface area contributed by atoms with Gasteiger partial charge in [0.15, 0.2) is 0 Å². The predicted molar refractivity (Wildman–Crippen MR) is 313 cm³/mol. The number of hydrogen-bond donors (Lipinski definition) is 0. The molecule has 0 amide bonds. The van der Waals surface area contributed by atoms with Crippen molar-refractivity contribution in [3.8, 4) is 0 Å². The highest BCUT2D eigenvalue weighted by atomic mass is 32.2. The minimum Gasteiger partial charge on any atom is -0.366 e. The second-order valence-electron chi connectivity index (χ2n) is 17.6. The number of rotatable bonds is 22. The van der Waals surface area contributed by atoms with E-state index in [4.69, 9.17) is 19.7 Å². The number of fused-ring (bicyclic) bond motifs is 6. The molecule has 73 heavy (non-hydrogen) atoms. The molecule has 11 heteroatoms. The maximum absolute atomic E-state index is 6.36. The Labute approximate surface area is 441 Å². The summed E-state index contributed by atoms with van der Waals surface area (Å²) in [5.74, 6) is 0. The normalized spacial score (nSPS) is 12.8. The summed E-state index contributed by atoms with van der Waals surface area (Å²) in [4.78, 5) is 4.72. The molecule has 368 valence electrons. The Morgan fingerprint density at radius 2 is 0.808 bits per heavy atom. The van der Waals surface area contributed by atoms with Crippen molar-refractivity contribution in [2.45, 2.75) is 71.2 Å². The van der Waals surface area contributed by atoms with E-state index in [1.165, 1.54) is 63.2 Å². The smallest absolute Gasteiger partial charge is 0.105 e. The molecule has 8 nitrogen and oxygen atoms in total. The molecule has 2 unspecified atom stereocenters.